The van der Waals surface area contributed by atoms with Crippen molar-refractivity contribution in [1.29, 1.82) is 0 Å². The molecule has 0 bridgehead atoms. The van der Waals surface area contributed by atoms with Gasteiger partial charge in [0.25, 0.3) is 0 Å². The number of benzene rings is 4. The van der Waals surface area contributed by atoms with Gasteiger partial charge in [-0.1, -0.05) is 0 Å². The minimum absolute atomic E-state index is 0.0424. The maximum absolute atomic E-state index is 12.8. The fourth-order valence-electron chi connectivity index (χ4n) is 5.37. The molecule has 6 rings (SSSR count). The van der Waals surface area contributed by atoms with Crippen molar-refractivity contribution in [2.75, 3.05) is 9.80 Å². The lowest BCUT2D eigenvalue weighted by molar-refractivity contribution is -0.0692. The first-order valence-electron chi connectivity index (χ1n) is 17.1. The Balaban J connectivity index is 0.000000231. The summed E-state index contributed by atoms with van der Waals surface area (Å²) in [5.74, 6) is -4.12. The lowest BCUT2D eigenvalue weighted by Crippen LogP contribution is -2.18. The van der Waals surface area contributed by atoms with Crippen LogP contribution < -0.4 is 28.7 Å². The molecule has 2 aromatic heterocycles. The van der Waals surface area contributed by atoms with E-state index in [-0.39, 0.29) is 35.6 Å². The zero-order valence-corrected chi connectivity index (χ0v) is 30.7. The van der Waals surface area contributed by atoms with E-state index in [1.54, 1.807) is 9.80 Å². The molecule has 2 heterocycles. The van der Waals surface area contributed by atoms with Gasteiger partial charge in [-0.25, -0.2) is 14.6 Å². The number of ether oxygens (including phenoxy) is 4. The Morgan fingerprint density at radius 2 is 0.967 bits per heavy atom. The van der Waals surface area contributed by atoms with Gasteiger partial charge in [0.15, 0.2) is 29.4 Å². The molecule has 0 aliphatic carbocycles. The second-order valence-corrected chi connectivity index (χ2v) is 11.8. The number of carbonyl (C=O) groups is 2. The molecule has 22 heteroatoms. The quantitative estimate of drug-likeness (QED) is 0.0783. The van der Waals surface area contributed by atoms with E-state index in [9.17, 15) is 44.7 Å². The number of carboxylic acid groups (broad SMARTS) is 2. The number of aromatic carboxylic acids is 2. The Hall–Kier alpha value is -7.65. The second-order valence-electron chi connectivity index (χ2n) is 11.8. The van der Waals surface area contributed by atoms with Gasteiger partial charge < -0.3 is 43.4 Å². The number of anilines is 4. The predicted molar refractivity (Wildman–Crippen MR) is 196 cm³/mol. The molecule has 6 aromatic rings. The SMILES string of the molecule is O=C(O)c1ccc(N(Cc2cnccn2)c2ccc(OC(F)F)c(OC(F)F)c2)cc1.O=C(O)c1ccc(N(Cc2cnco2)c2ccc(OC(F)F)c(OC(F)F)c2)cc1. The maximum Gasteiger partial charge on any atom is 0.387 e. The molecule has 0 radical (unpaired) electrons. The molecule has 0 atom stereocenters. The van der Waals surface area contributed by atoms with Crippen molar-refractivity contribution in [2.24, 2.45) is 0 Å². The molecule has 0 saturated carbocycles. The van der Waals surface area contributed by atoms with Crippen LogP contribution in [0.4, 0.5) is 57.9 Å². The first-order valence-corrected chi connectivity index (χ1v) is 17.1. The summed E-state index contributed by atoms with van der Waals surface area (Å²) in [4.78, 5) is 37.3. The molecule has 2 N–H and O–H groups in total. The van der Waals surface area contributed by atoms with E-state index in [0.717, 1.165) is 24.3 Å². The van der Waals surface area contributed by atoms with E-state index in [4.69, 9.17) is 14.6 Å². The minimum atomic E-state index is -3.27. The topological polar surface area (TPSA) is 170 Å². The summed E-state index contributed by atoms with van der Waals surface area (Å²) in [6, 6.07) is 18.6. The van der Waals surface area contributed by atoms with Crippen LogP contribution in [0, 0.1) is 0 Å². The molecule has 0 aliphatic rings. The Labute approximate surface area is 338 Å². The Morgan fingerprint density at radius 3 is 1.34 bits per heavy atom. The van der Waals surface area contributed by atoms with E-state index >= 15 is 0 Å². The Morgan fingerprint density at radius 1 is 0.541 bits per heavy atom. The largest absolute Gasteiger partial charge is 0.478 e. The van der Waals surface area contributed by atoms with Gasteiger partial charge in [-0.15, -0.1) is 0 Å². The first kappa shape index (κ1) is 44.5. The molecule has 320 valence electrons. The highest BCUT2D eigenvalue weighted by molar-refractivity contribution is 5.89. The zero-order chi connectivity index (χ0) is 44.1. The van der Waals surface area contributed by atoms with Crippen LogP contribution in [0.15, 0.2) is 121 Å². The molecule has 0 saturated heterocycles. The van der Waals surface area contributed by atoms with Crippen molar-refractivity contribution in [3.8, 4) is 23.0 Å². The standard InChI is InChI=1S/C20H15F4N3O4.C19H14F4N2O5/c21-19(22)30-16-6-5-15(9-17(16)31-20(23)24)27(11-13-10-25-7-8-26-13)14-3-1-12(2-4-14)18(28)29;20-18(21)29-15-6-5-13(7-16(15)30-19(22)23)25(9-14-8-24-10-28-14)12-3-1-11(2-4-12)17(26)27/h1-10,19-20H,11H2,(H,28,29);1-8,10,18-19H,9H2,(H,26,27). The van der Waals surface area contributed by atoms with Gasteiger partial charge in [0, 0.05) is 47.3 Å². The monoisotopic (exact) mass is 863 g/mol. The van der Waals surface area contributed by atoms with Crippen LogP contribution in [0.3, 0.4) is 0 Å². The van der Waals surface area contributed by atoms with E-state index in [1.807, 2.05) is 0 Å². The van der Waals surface area contributed by atoms with Crippen LogP contribution in [0.1, 0.15) is 32.2 Å². The van der Waals surface area contributed by atoms with Gasteiger partial charge in [-0.2, -0.15) is 35.1 Å². The number of oxazole rings is 1. The summed E-state index contributed by atoms with van der Waals surface area (Å²) in [6.07, 6.45) is 7.06. The molecule has 61 heavy (non-hydrogen) atoms. The molecule has 0 aliphatic heterocycles. The molecule has 0 amide bonds. The molecule has 4 aromatic carbocycles. The van der Waals surface area contributed by atoms with Gasteiger partial charge in [0.05, 0.1) is 42.3 Å². The fourth-order valence-corrected chi connectivity index (χ4v) is 5.37. The van der Waals surface area contributed by atoms with E-state index < -0.39 is 61.4 Å². The highest BCUT2D eigenvalue weighted by atomic mass is 19.3. The van der Waals surface area contributed by atoms with Crippen molar-refractivity contribution in [1.82, 2.24) is 15.0 Å². The van der Waals surface area contributed by atoms with Gasteiger partial charge in [0.2, 0.25) is 0 Å². The summed E-state index contributed by atoms with van der Waals surface area (Å²) in [6.45, 7) is -12.8. The molecule has 0 fully saturated rings. The van der Waals surface area contributed by atoms with Gasteiger partial charge in [-0.05, 0) is 72.8 Å². The smallest absolute Gasteiger partial charge is 0.387 e. The number of hydrogen-bond acceptors (Lipinski definition) is 12. The molecular formula is C39H29F8N5O9. The summed E-state index contributed by atoms with van der Waals surface area (Å²) in [5, 5.41) is 18.2. The molecule has 0 unspecified atom stereocenters. The first-order chi connectivity index (χ1) is 29.2. The second kappa shape index (κ2) is 20.9. The van der Waals surface area contributed by atoms with Crippen molar-refractivity contribution in [2.45, 2.75) is 39.5 Å². The van der Waals surface area contributed by atoms with E-state index in [2.05, 4.69) is 33.9 Å². The van der Waals surface area contributed by atoms with Crippen molar-refractivity contribution in [3.63, 3.8) is 0 Å². The van der Waals surface area contributed by atoms with Gasteiger partial charge in [0.1, 0.15) is 5.76 Å². The third kappa shape index (κ3) is 12.9. The van der Waals surface area contributed by atoms with E-state index in [1.165, 1.54) is 91.8 Å². The van der Waals surface area contributed by atoms with Crippen LogP contribution in [0.25, 0.3) is 0 Å². The third-order valence-electron chi connectivity index (χ3n) is 7.93. The summed E-state index contributed by atoms with van der Waals surface area (Å²) in [7, 11) is 0. The lowest BCUT2D eigenvalue weighted by atomic mass is 10.1. The van der Waals surface area contributed by atoms with Crippen LogP contribution in [0.2, 0.25) is 0 Å². The van der Waals surface area contributed by atoms with Crippen molar-refractivity contribution >= 4 is 34.7 Å². The molecular weight excluding hydrogens is 834 g/mol. The minimum Gasteiger partial charge on any atom is -0.478 e. The predicted octanol–water partition coefficient (Wildman–Crippen LogP) is 9.63. The number of rotatable bonds is 18. The summed E-state index contributed by atoms with van der Waals surface area (Å²) >= 11 is 0. The van der Waals surface area contributed by atoms with Gasteiger partial charge >= 0.3 is 38.4 Å². The van der Waals surface area contributed by atoms with Crippen molar-refractivity contribution < 1.29 is 78.3 Å². The van der Waals surface area contributed by atoms with E-state index in [0.29, 0.717) is 22.8 Å². The van der Waals surface area contributed by atoms with Crippen LogP contribution in [-0.2, 0) is 13.1 Å². The number of carboxylic acids is 2. The molecule has 14 nitrogen and oxygen atoms in total. The maximum atomic E-state index is 12.8. The average molecular weight is 864 g/mol. The van der Waals surface area contributed by atoms with Crippen LogP contribution in [-0.4, -0.2) is 63.5 Å². The highest BCUT2D eigenvalue weighted by Crippen LogP contribution is 2.39. The Kier molecular flexibility index (Phi) is 15.2. The summed E-state index contributed by atoms with van der Waals surface area (Å²) in [5.41, 5.74) is 2.11. The number of halogens is 8. The van der Waals surface area contributed by atoms with Crippen LogP contribution >= 0.6 is 0 Å². The molecule has 0 spiro atoms. The summed E-state index contributed by atoms with van der Waals surface area (Å²) < 4.78 is 124. The average Bonchev–Trinajstić information content (AvgIpc) is 3.74. The zero-order valence-electron chi connectivity index (χ0n) is 30.7. The number of hydrogen-bond donors (Lipinski definition) is 2. The number of nitrogens with zero attached hydrogens (tertiary/aromatic N) is 5. The van der Waals surface area contributed by atoms with Gasteiger partial charge in [-0.3, -0.25) is 9.97 Å². The Bertz CT molecular complexity index is 2330. The third-order valence-corrected chi connectivity index (χ3v) is 7.93. The van der Waals surface area contributed by atoms with Crippen molar-refractivity contribution in [3.05, 3.63) is 139 Å². The lowest BCUT2D eigenvalue weighted by Gasteiger charge is -2.26. The number of alkyl halides is 8. The highest BCUT2D eigenvalue weighted by Gasteiger charge is 2.22. The normalized spacial score (nSPS) is 11.0. The number of aromatic nitrogens is 3. The fraction of sp³-hybridized carbons (Fsp3) is 0.154. The van der Waals surface area contributed by atoms with Crippen LogP contribution in [0.5, 0.6) is 23.0 Å².